The van der Waals surface area contributed by atoms with Crippen molar-refractivity contribution in [3.8, 4) is 39.6 Å². The second kappa shape index (κ2) is 11.7. The molecule has 0 bridgehead atoms. The highest BCUT2D eigenvalue weighted by atomic mass is 16.5. The zero-order valence-corrected chi connectivity index (χ0v) is 28.3. The number of rotatable bonds is 4. The maximum Gasteiger partial charge on any atom is 0.179 e. The van der Waals surface area contributed by atoms with Crippen LogP contribution >= 0.6 is 0 Å². The molecule has 0 N–H and O–H groups in total. The highest BCUT2D eigenvalue weighted by Gasteiger charge is 2.22. The standard InChI is InChI=1S/C46H35N3O/c1-46(2,3)32-25-26-47-45(27-32)49-43-22-11-9-20-40(43)41-24-23-35(29-44(41)49)50-34-15-12-14-33(28-34)48-30-31-13-4-5-16-36(31)37-17-6-7-18-38(37)39-19-8-10-21-42(39)48/h4-29H,1-3H3. The molecule has 6 aromatic carbocycles. The molecule has 0 amide bonds. The van der Waals surface area contributed by atoms with Crippen molar-refractivity contribution in [1.29, 1.82) is 0 Å². The Kier molecular flexibility index (Phi) is 6.99. The average molecular weight is 646 g/mol. The fourth-order valence-electron chi connectivity index (χ4n) is 7.14. The molecule has 2 aromatic heterocycles. The van der Waals surface area contributed by atoms with Crippen LogP contribution in [0.2, 0.25) is 0 Å². The summed E-state index contributed by atoms with van der Waals surface area (Å²) in [7, 11) is 0. The Balaban J connectivity index is 1.16. The van der Waals surface area contributed by atoms with Crippen LogP contribution in [0.25, 0.3) is 49.9 Å². The van der Waals surface area contributed by atoms with Gasteiger partial charge in [0.2, 0.25) is 0 Å². The molecule has 0 saturated heterocycles. The molecule has 240 valence electrons. The molecule has 0 atom stereocenters. The van der Waals surface area contributed by atoms with Crippen molar-refractivity contribution >= 4 is 39.4 Å². The number of benzene rings is 6. The van der Waals surface area contributed by atoms with E-state index in [0.717, 1.165) is 61.8 Å². The van der Waals surface area contributed by atoms with Gasteiger partial charge >= 0.3 is 0 Å². The Morgan fingerprint density at radius 3 is 2.10 bits per heavy atom. The van der Waals surface area contributed by atoms with Gasteiger partial charge < -0.3 is 4.74 Å². The molecular weight excluding hydrogens is 611 g/mol. The summed E-state index contributed by atoms with van der Waals surface area (Å²) in [6.07, 6.45) is 5.66. The summed E-state index contributed by atoms with van der Waals surface area (Å²) in [4.78, 5) is 4.85. The largest absolute Gasteiger partial charge is 0.458 e. The third-order valence-electron chi connectivity index (χ3n) is 9.61. The number of nitrogens with zero attached hydrogens (tertiary/aromatic N) is 3. The van der Waals surface area contributed by atoms with Crippen LogP contribution in [0.3, 0.4) is 0 Å². The van der Waals surface area contributed by atoms with Gasteiger partial charge in [0.1, 0.15) is 17.3 Å². The van der Waals surface area contributed by atoms with Gasteiger partial charge in [-0.1, -0.05) is 111 Å². The maximum atomic E-state index is 6.66. The van der Waals surface area contributed by atoms with Crippen LogP contribution in [-0.4, -0.2) is 15.8 Å². The number of hydrogen-bond donors (Lipinski definition) is 0. The molecule has 8 aromatic rings. The molecule has 0 radical (unpaired) electrons. The normalized spacial score (nSPS) is 12.4. The van der Waals surface area contributed by atoms with Crippen LogP contribution in [0.5, 0.6) is 11.5 Å². The Bertz CT molecular complexity index is 2620. The molecule has 0 aliphatic carbocycles. The van der Waals surface area contributed by atoms with Crippen molar-refractivity contribution < 1.29 is 4.74 Å². The van der Waals surface area contributed by atoms with Gasteiger partial charge in [-0.15, -0.1) is 6.07 Å². The molecule has 1 aliphatic rings. The predicted octanol–water partition coefficient (Wildman–Crippen LogP) is 11.7. The predicted molar refractivity (Wildman–Crippen MR) is 207 cm³/mol. The van der Waals surface area contributed by atoms with Crippen molar-refractivity contribution in [2.45, 2.75) is 26.2 Å². The summed E-state index contributed by atoms with van der Waals surface area (Å²) in [5, 5.41) is 2.34. The van der Waals surface area contributed by atoms with E-state index in [-0.39, 0.29) is 5.41 Å². The van der Waals surface area contributed by atoms with E-state index >= 15 is 0 Å². The minimum absolute atomic E-state index is 0.00305. The first-order chi connectivity index (χ1) is 24.4. The average Bonchev–Trinajstić information content (AvgIpc) is 3.47. The van der Waals surface area contributed by atoms with E-state index in [4.69, 9.17) is 9.72 Å². The molecule has 3 heterocycles. The SMILES string of the molecule is CC(C)(C)c1ccnc(-n2c3ccccc3c3ccc(Oc4cccc([N+]5=[C-]c6ccccc6-c6ccccc6-c6ccccc65)c4)cc32)c1. The van der Waals surface area contributed by atoms with E-state index in [1.54, 1.807) is 0 Å². The Hall–Kier alpha value is -6.26. The van der Waals surface area contributed by atoms with Gasteiger partial charge in [0.25, 0.3) is 0 Å². The van der Waals surface area contributed by atoms with E-state index in [9.17, 15) is 0 Å². The van der Waals surface area contributed by atoms with Gasteiger partial charge in [0.05, 0.1) is 11.0 Å². The van der Waals surface area contributed by atoms with Crippen LogP contribution in [0.15, 0.2) is 158 Å². The molecule has 0 saturated carbocycles. The zero-order valence-electron chi connectivity index (χ0n) is 28.3. The Morgan fingerprint density at radius 1 is 0.580 bits per heavy atom. The fraction of sp³-hybridized carbons (Fsp3) is 0.0870. The van der Waals surface area contributed by atoms with Crippen molar-refractivity contribution in [3.05, 3.63) is 169 Å². The van der Waals surface area contributed by atoms with Crippen LogP contribution in [0.4, 0.5) is 11.4 Å². The molecule has 9 rings (SSSR count). The molecule has 4 heteroatoms. The number of aromatic nitrogens is 2. The van der Waals surface area contributed by atoms with Crippen molar-refractivity contribution in [2.24, 2.45) is 0 Å². The van der Waals surface area contributed by atoms with E-state index in [1.165, 1.54) is 22.1 Å². The second-order valence-electron chi connectivity index (χ2n) is 13.8. The maximum absolute atomic E-state index is 6.66. The lowest BCUT2D eigenvalue weighted by Crippen LogP contribution is -2.12. The molecule has 0 unspecified atom stereocenters. The summed E-state index contributed by atoms with van der Waals surface area (Å²) >= 11 is 0. The van der Waals surface area contributed by atoms with Crippen LogP contribution in [0.1, 0.15) is 31.9 Å². The van der Waals surface area contributed by atoms with E-state index in [0.29, 0.717) is 0 Å². The Labute approximate surface area is 292 Å². The van der Waals surface area contributed by atoms with E-state index in [1.807, 2.05) is 18.3 Å². The number of fused-ring (bicyclic) bond motifs is 8. The van der Waals surface area contributed by atoms with Gasteiger partial charge in [-0.2, -0.15) is 0 Å². The van der Waals surface area contributed by atoms with Gasteiger partial charge in [-0.25, -0.2) is 4.98 Å². The topological polar surface area (TPSA) is 30.1 Å². The monoisotopic (exact) mass is 645 g/mol. The Morgan fingerprint density at radius 2 is 1.26 bits per heavy atom. The summed E-state index contributed by atoms with van der Waals surface area (Å²) in [6.45, 7) is 6.70. The zero-order chi connectivity index (χ0) is 33.8. The molecule has 4 nitrogen and oxygen atoms in total. The molecular formula is C46H35N3O. The van der Waals surface area contributed by atoms with E-state index < -0.39 is 0 Å². The first-order valence-electron chi connectivity index (χ1n) is 17.0. The number of para-hydroxylation sites is 2. The first kappa shape index (κ1) is 29.8. The van der Waals surface area contributed by atoms with Crippen molar-refractivity contribution in [3.63, 3.8) is 0 Å². The van der Waals surface area contributed by atoms with Crippen LogP contribution < -0.4 is 9.31 Å². The van der Waals surface area contributed by atoms with Gasteiger partial charge in [-0.3, -0.25) is 9.14 Å². The number of pyridine rings is 1. The minimum Gasteiger partial charge on any atom is -0.458 e. The summed E-state index contributed by atoms with van der Waals surface area (Å²) < 4.78 is 11.1. The fourth-order valence-corrected chi connectivity index (χ4v) is 7.14. The lowest BCUT2D eigenvalue weighted by Gasteiger charge is -2.21. The van der Waals surface area contributed by atoms with Crippen molar-refractivity contribution in [2.75, 3.05) is 0 Å². The molecule has 50 heavy (non-hydrogen) atoms. The molecule has 0 fully saturated rings. The lowest BCUT2D eigenvalue weighted by molar-refractivity contribution is 0.483. The number of ether oxygens (including phenoxy) is 1. The van der Waals surface area contributed by atoms with Gasteiger partial charge in [0, 0.05) is 34.7 Å². The number of hydrogen-bond acceptors (Lipinski definition) is 2. The second-order valence-corrected chi connectivity index (χ2v) is 13.8. The van der Waals surface area contributed by atoms with E-state index in [2.05, 4.69) is 176 Å². The minimum atomic E-state index is 0.00305. The van der Waals surface area contributed by atoms with Gasteiger partial charge in [0.15, 0.2) is 17.6 Å². The molecule has 1 aliphatic heterocycles. The summed E-state index contributed by atoms with van der Waals surface area (Å²) in [5.41, 5.74) is 11.2. The summed E-state index contributed by atoms with van der Waals surface area (Å²) in [5.74, 6) is 2.39. The van der Waals surface area contributed by atoms with Crippen LogP contribution in [-0.2, 0) is 5.41 Å². The van der Waals surface area contributed by atoms with Crippen LogP contribution in [0, 0.1) is 0 Å². The quantitative estimate of drug-likeness (QED) is 0.141. The molecule has 0 spiro atoms. The first-order valence-corrected chi connectivity index (χ1v) is 17.0. The van der Waals surface area contributed by atoms with Gasteiger partial charge in [-0.05, 0) is 76.2 Å². The smallest absolute Gasteiger partial charge is 0.179 e. The third-order valence-corrected chi connectivity index (χ3v) is 9.61. The summed E-state index contributed by atoms with van der Waals surface area (Å²) in [6, 6.07) is 53.1. The lowest BCUT2D eigenvalue weighted by atomic mass is 9.88. The third kappa shape index (κ3) is 5.08. The highest BCUT2D eigenvalue weighted by molar-refractivity contribution is 6.09. The van der Waals surface area contributed by atoms with Crippen molar-refractivity contribution in [1.82, 2.24) is 14.1 Å². The highest BCUT2D eigenvalue weighted by Crippen LogP contribution is 2.42.